The predicted molar refractivity (Wildman–Crippen MR) is 71.6 cm³/mol. The van der Waals surface area contributed by atoms with Crippen LogP contribution in [0.1, 0.15) is 24.8 Å². The Morgan fingerprint density at radius 1 is 1.47 bits per heavy atom. The molecule has 0 saturated heterocycles. The van der Waals surface area contributed by atoms with Gasteiger partial charge in [0.2, 0.25) is 0 Å². The zero-order valence-corrected chi connectivity index (χ0v) is 11.1. The van der Waals surface area contributed by atoms with Gasteiger partial charge in [0.15, 0.2) is 6.61 Å². The molecule has 100 valence electrons. The SMILES string of the molecule is CN(CC1CCC1)C(=O)COc1ccccc1C#N. The molecule has 0 atom stereocenters. The normalized spacial score (nSPS) is 14.3. The maximum absolute atomic E-state index is 11.9. The van der Waals surface area contributed by atoms with Crippen molar-refractivity contribution in [3.05, 3.63) is 29.8 Å². The van der Waals surface area contributed by atoms with E-state index >= 15 is 0 Å². The Morgan fingerprint density at radius 2 is 2.21 bits per heavy atom. The van der Waals surface area contributed by atoms with Crippen LogP contribution in [0.3, 0.4) is 0 Å². The topological polar surface area (TPSA) is 53.3 Å². The highest BCUT2D eigenvalue weighted by molar-refractivity contribution is 5.77. The van der Waals surface area contributed by atoms with Crippen LogP contribution in [0.5, 0.6) is 5.75 Å². The number of amides is 1. The second-order valence-corrected chi connectivity index (χ2v) is 4.97. The second kappa shape index (κ2) is 6.24. The first-order valence-corrected chi connectivity index (χ1v) is 6.56. The summed E-state index contributed by atoms with van der Waals surface area (Å²) in [6.45, 7) is 0.796. The van der Waals surface area contributed by atoms with Crippen LogP contribution in [0.15, 0.2) is 24.3 Å². The Kier molecular flexibility index (Phi) is 4.40. The Hall–Kier alpha value is -2.02. The number of carbonyl (C=O) groups excluding carboxylic acids is 1. The highest BCUT2D eigenvalue weighted by Crippen LogP contribution is 2.26. The molecule has 2 rings (SSSR count). The van der Waals surface area contributed by atoms with Crippen LogP contribution in [-0.4, -0.2) is 31.0 Å². The molecule has 0 spiro atoms. The van der Waals surface area contributed by atoms with E-state index in [1.54, 1.807) is 36.2 Å². The van der Waals surface area contributed by atoms with Crippen molar-refractivity contribution in [1.82, 2.24) is 4.90 Å². The molecule has 4 heteroatoms. The van der Waals surface area contributed by atoms with Gasteiger partial charge in [0.05, 0.1) is 5.56 Å². The smallest absolute Gasteiger partial charge is 0.260 e. The largest absolute Gasteiger partial charge is 0.482 e. The predicted octanol–water partition coefficient (Wildman–Crippen LogP) is 2.20. The summed E-state index contributed by atoms with van der Waals surface area (Å²) >= 11 is 0. The Bertz CT molecular complexity index is 489. The minimum absolute atomic E-state index is 0.0120. The van der Waals surface area contributed by atoms with Gasteiger partial charge in [-0.2, -0.15) is 5.26 Å². The van der Waals surface area contributed by atoms with Gasteiger partial charge in [-0.25, -0.2) is 0 Å². The second-order valence-electron chi connectivity index (χ2n) is 4.97. The average Bonchev–Trinajstić information content (AvgIpc) is 2.40. The molecular weight excluding hydrogens is 240 g/mol. The fraction of sp³-hybridized carbons (Fsp3) is 0.467. The first kappa shape index (κ1) is 13.4. The maximum Gasteiger partial charge on any atom is 0.260 e. The Labute approximate surface area is 113 Å². The fourth-order valence-corrected chi connectivity index (χ4v) is 2.10. The lowest BCUT2D eigenvalue weighted by molar-refractivity contribution is -0.133. The minimum Gasteiger partial charge on any atom is -0.482 e. The molecule has 19 heavy (non-hydrogen) atoms. The quantitative estimate of drug-likeness (QED) is 0.813. The summed E-state index contributed by atoms with van der Waals surface area (Å²) < 4.78 is 5.43. The molecule has 1 fully saturated rings. The number of para-hydroxylation sites is 1. The summed E-state index contributed by atoms with van der Waals surface area (Å²) in [6.07, 6.45) is 3.71. The van der Waals surface area contributed by atoms with Gasteiger partial charge in [-0.05, 0) is 30.9 Å². The van der Waals surface area contributed by atoms with Crippen molar-refractivity contribution in [3.63, 3.8) is 0 Å². The van der Waals surface area contributed by atoms with E-state index in [1.807, 2.05) is 6.07 Å². The first-order chi connectivity index (χ1) is 9.20. The van der Waals surface area contributed by atoms with E-state index in [4.69, 9.17) is 10.00 Å². The zero-order valence-electron chi connectivity index (χ0n) is 11.1. The number of hydrogen-bond donors (Lipinski definition) is 0. The van der Waals surface area contributed by atoms with E-state index in [9.17, 15) is 4.79 Å². The van der Waals surface area contributed by atoms with Crippen LogP contribution in [0.4, 0.5) is 0 Å². The fourth-order valence-electron chi connectivity index (χ4n) is 2.10. The lowest BCUT2D eigenvalue weighted by Gasteiger charge is -2.30. The third kappa shape index (κ3) is 3.47. The highest BCUT2D eigenvalue weighted by Gasteiger charge is 2.21. The summed E-state index contributed by atoms with van der Waals surface area (Å²) in [7, 11) is 1.81. The maximum atomic E-state index is 11.9. The molecular formula is C15H18N2O2. The summed E-state index contributed by atoms with van der Waals surface area (Å²) in [5.41, 5.74) is 0.456. The van der Waals surface area contributed by atoms with Crippen molar-refractivity contribution in [2.75, 3.05) is 20.2 Å². The van der Waals surface area contributed by atoms with Crippen molar-refractivity contribution >= 4 is 5.91 Å². The van der Waals surface area contributed by atoms with Crippen LogP contribution in [0.2, 0.25) is 0 Å². The Balaban J connectivity index is 1.84. The van der Waals surface area contributed by atoms with E-state index in [-0.39, 0.29) is 12.5 Å². The lowest BCUT2D eigenvalue weighted by atomic mass is 9.85. The molecule has 0 aromatic heterocycles. The number of likely N-dealkylation sites (N-methyl/N-ethyl adjacent to an activating group) is 1. The van der Waals surface area contributed by atoms with E-state index < -0.39 is 0 Å². The van der Waals surface area contributed by atoms with Gasteiger partial charge in [0.25, 0.3) is 5.91 Å². The summed E-state index contributed by atoms with van der Waals surface area (Å²) in [5, 5.41) is 8.93. The van der Waals surface area contributed by atoms with Gasteiger partial charge < -0.3 is 9.64 Å². The molecule has 0 bridgehead atoms. The highest BCUT2D eigenvalue weighted by atomic mass is 16.5. The van der Waals surface area contributed by atoms with Crippen LogP contribution < -0.4 is 4.74 Å². The van der Waals surface area contributed by atoms with Gasteiger partial charge in [-0.15, -0.1) is 0 Å². The lowest BCUT2D eigenvalue weighted by Crippen LogP contribution is -2.37. The van der Waals surface area contributed by atoms with E-state index in [0.717, 1.165) is 6.54 Å². The van der Waals surface area contributed by atoms with Crippen molar-refractivity contribution < 1.29 is 9.53 Å². The van der Waals surface area contributed by atoms with Gasteiger partial charge in [0, 0.05) is 13.6 Å². The molecule has 1 amide bonds. The van der Waals surface area contributed by atoms with Gasteiger partial charge in [-0.1, -0.05) is 18.6 Å². The molecule has 0 radical (unpaired) electrons. The van der Waals surface area contributed by atoms with Crippen LogP contribution in [0, 0.1) is 17.2 Å². The third-order valence-electron chi connectivity index (χ3n) is 3.54. The summed E-state index contributed by atoms with van der Waals surface area (Å²) in [4.78, 5) is 13.6. The number of hydrogen-bond acceptors (Lipinski definition) is 3. The number of nitrogens with zero attached hydrogens (tertiary/aromatic N) is 2. The molecule has 4 nitrogen and oxygen atoms in total. The standard InChI is InChI=1S/C15H18N2O2/c1-17(10-12-5-4-6-12)15(18)11-19-14-8-3-2-7-13(14)9-16/h2-3,7-8,12H,4-6,10-11H2,1H3. The van der Waals surface area contributed by atoms with Gasteiger partial charge in [0.1, 0.15) is 11.8 Å². The summed E-state index contributed by atoms with van der Waals surface area (Å²) in [5.74, 6) is 1.08. The van der Waals surface area contributed by atoms with Crippen LogP contribution >= 0.6 is 0 Å². The molecule has 0 heterocycles. The number of rotatable bonds is 5. The van der Waals surface area contributed by atoms with Gasteiger partial charge >= 0.3 is 0 Å². The number of carbonyl (C=O) groups is 1. The average molecular weight is 258 g/mol. The molecule has 0 N–H and O–H groups in total. The van der Waals surface area contributed by atoms with E-state index in [1.165, 1.54) is 19.3 Å². The monoisotopic (exact) mass is 258 g/mol. The minimum atomic E-state index is -0.0420. The molecule has 0 aliphatic heterocycles. The first-order valence-electron chi connectivity index (χ1n) is 6.56. The van der Waals surface area contributed by atoms with E-state index in [0.29, 0.717) is 17.2 Å². The number of benzene rings is 1. The molecule has 1 aliphatic carbocycles. The van der Waals surface area contributed by atoms with Crippen molar-refractivity contribution in [1.29, 1.82) is 5.26 Å². The molecule has 1 aromatic rings. The zero-order chi connectivity index (χ0) is 13.7. The third-order valence-corrected chi connectivity index (χ3v) is 3.54. The summed E-state index contributed by atoms with van der Waals surface area (Å²) in [6, 6.07) is 9.00. The van der Waals surface area contributed by atoms with Gasteiger partial charge in [-0.3, -0.25) is 4.79 Å². The molecule has 1 saturated carbocycles. The van der Waals surface area contributed by atoms with Crippen LogP contribution in [-0.2, 0) is 4.79 Å². The van der Waals surface area contributed by atoms with Crippen molar-refractivity contribution in [2.24, 2.45) is 5.92 Å². The molecule has 1 aromatic carbocycles. The van der Waals surface area contributed by atoms with Crippen molar-refractivity contribution in [3.8, 4) is 11.8 Å². The number of ether oxygens (including phenoxy) is 1. The van der Waals surface area contributed by atoms with Crippen molar-refractivity contribution in [2.45, 2.75) is 19.3 Å². The molecule has 1 aliphatic rings. The molecule has 0 unspecified atom stereocenters. The van der Waals surface area contributed by atoms with E-state index in [2.05, 4.69) is 0 Å². The Morgan fingerprint density at radius 3 is 2.84 bits per heavy atom. The van der Waals surface area contributed by atoms with Crippen LogP contribution in [0.25, 0.3) is 0 Å². The number of nitriles is 1.